The van der Waals surface area contributed by atoms with Crippen LogP contribution in [0.25, 0.3) is 82.1 Å². The summed E-state index contributed by atoms with van der Waals surface area (Å²) in [5.41, 5.74) is 11.5. The summed E-state index contributed by atoms with van der Waals surface area (Å²) in [5.74, 6) is 0. The fourth-order valence-electron chi connectivity index (χ4n) is 7.92. The maximum atomic E-state index is 2.46. The molecule has 0 spiro atoms. The number of nitrogens with zero attached hydrogens (tertiary/aromatic N) is 1. The maximum Gasteiger partial charge on any atom is 0.0541 e. The summed E-state index contributed by atoms with van der Waals surface area (Å²) in [6, 6.07) is 56.3. The van der Waals surface area contributed by atoms with Crippen LogP contribution in [0.3, 0.4) is 0 Å². The van der Waals surface area contributed by atoms with Crippen LogP contribution >= 0.6 is 0 Å². The largest absolute Gasteiger partial charge is 0.309 e. The molecular weight excluding hydrogens is 579 g/mol. The Labute approximate surface area is 281 Å². The number of para-hydroxylation sites is 2. The fraction of sp³-hybridized carbons (Fsp3) is 0.106. The highest BCUT2D eigenvalue weighted by Gasteiger charge is 2.22. The molecule has 1 aromatic heterocycles. The monoisotopic (exact) mass is 615 g/mol. The molecule has 0 aliphatic heterocycles. The molecule has 1 nitrogen and oxygen atoms in total. The van der Waals surface area contributed by atoms with Crippen LogP contribution in [0.15, 0.2) is 152 Å². The molecular formula is C47H37N. The molecule has 0 unspecified atom stereocenters. The van der Waals surface area contributed by atoms with Crippen molar-refractivity contribution in [3.8, 4) is 27.9 Å². The van der Waals surface area contributed by atoms with Gasteiger partial charge in [0.25, 0.3) is 0 Å². The van der Waals surface area contributed by atoms with Gasteiger partial charge in [-0.05, 0) is 108 Å². The van der Waals surface area contributed by atoms with Gasteiger partial charge in [0.1, 0.15) is 0 Å². The number of aromatic nitrogens is 1. The first-order valence-electron chi connectivity index (χ1n) is 17.0. The molecule has 0 aliphatic carbocycles. The summed E-state index contributed by atoms with van der Waals surface area (Å²) in [4.78, 5) is 0. The van der Waals surface area contributed by atoms with Gasteiger partial charge in [-0.25, -0.2) is 0 Å². The molecule has 9 aromatic rings. The molecule has 1 heteroatoms. The molecule has 8 aromatic carbocycles. The van der Waals surface area contributed by atoms with Crippen LogP contribution < -0.4 is 0 Å². The minimum atomic E-state index is 0.0209. The number of benzene rings is 8. The standard InChI is InChI=1S/C47H37N/c1-30-21-22-31-13-5-6-14-35(31)44(30)46-39-18-8-7-17-38(39)45(41-29-33(47(2,3)4)25-28-40(41)46)32-23-26-34(27-24-32)48-42-19-11-9-15-36(42)37-16-10-12-20-43(37)48/h5-29H,1-4H3. The van der Waals surface area contributed by atoms with E-state index < -0.39 is 0 Å². The van der Waals surface area contributed by atoms with Gasteiger partial charge < -0.3 is 4.57 Å². The molecule has 0 atom stereocenters. The van der Waals surface area contributed by atoms with Crippen LogP contribution in [0.5, 0.6) is 0 Å². The van der Waals surface area contributed by atoms with E-state index in [2.05, 4.69) is 184 Å². The Morgan fingerprint density at radius 1 is 0.417 bits per heavy atom. The number of hydrogen-bond acceptors (Lipinski definition) is 0. The van der Waals surface area contributed by atoms with E-state index in [1.54, 1.807) is 0 Å². The van der Waals surface area contributed by atoms with Crippen LogP contribution in [-0.2, 0) is 5.41 Å². The normalized spacial score (nSPS) is 12.2. The van der Waals surface area contributed by atoms with Crippen molar-refractivity contribution in [2.24, 2.45) is 0 Å². The molecule has 48 heavy (non-hydrogen) atoms. The number of fused-ring (bicyclic) bond motifs is 6. The lowest BCUT2D eigenvalue weighted by Gasteiger charge is -2.24. The second kappa shape index (κ2) is 10.7. The first-order chi connectivity index (χ1) is 23.4. The van der Waals surface area contributed by atoms with Crippen molar-refractivity contribution in [1.82, 2.24) is 4.57 Å². The summed E-state index contributed by atoms with van der Waals surface area (Å²) in [7, 11) is 0. The Hall–Kier alpha value is -5.66. The van der Waals surface area contributed by atoms with E-state index in [0.717, 1.165) is 0 Å². The molecule has 0 N–H and O–H groups in total. The van der Waals surface area contributed by atoms with E-state index in [0.29, 0.717) is 0 Å². The first kappa shape index (κ1) is 28.6. The Bertz CT molecular complexity index is 2640. The summed E-state index contributed by atoms with van der Waals surface area (Å²) < 4.78 is 2.40. The molecule has 0 saturated heterocycles. The zero-order valence-electron chi connectivity index (χ0n) is 27.9. The molecule has 9 rings (SSSR count). The van der Waals surface area contributed by atoms with Crippen molar-refractivity contribution in [1.29, 1.82) is 0 Å². The van der Waals surface area contributed by atoms with Gasteiger partial charge in [-0.2, -0.15) is 0 Å². The van der Waals surface area contributed by atoms with Crippen molar-refractivity contribution in [2.75, 3.05) is 0 Å². The SMILES string of the molecule is Cc1ccc2ccccc2c1-c1c2ccccc2c(-c2ccc(-n3c4ccccc4c4ccccc43)cc2)c2cc(C(C)(C)C)ccc12. The second-order valence-corrected chi connectivity index (χ2v) is 14.2. The number of rotatable bonds is 3. The molecule has 0 amide bonds. The molecule has 0 fully saturated rings. The number of aryl methyl sites for hydroxylation is 1. The van der Waals surface area contributed by atoms with E-state index in [1.165, 1.54) is 93.2 Å². The van der Waals surface area contributed by atoms with E-state index >= 15 is 0 Å². The Morgan fingerprint density at radius 2 is 0.958 bits per heavy atom. The van der Waals surface area contributed by atoms with Gasteiger partial charge in [0.05, 0.1) is 11.0 Å². The lowest BCUT2D eigenvalue weighted by molar-refractivity contribution is 0.591. The zero-order chi connectivity index (χ0) is 32.6. The third-order valence-corrected chi connectivity index (χ3v) is 10.3. The van der Waals surface area contributed by atoms with Crippen molar-refractivity contribution < 1.29 is 0 Å². The molecule has 1 heterocycles. The Kier molecular flexibility index (Phi) is 6.36. The molecule has 0 bridgehead atoms. The molecule has 0 aliphatic rings. The average molecular weight is 616 g/mol. The highest BCUT2D eigenvalue weighted by atomic mass is 15.0. The smallest absolute Gasteiger partial charge is 0.0541 e. The predicted octanol–water partition coefficient (Wildman–Crippen LogP) is 13.2. The van der Waals surface area contributed by atoms with Gasteiger partial charge in [0.15, 0.2) is 0 Å². The summed E-state index contributed by atoms with van der Waals surface area (Å²) in [5, 5.41) is 10.3. The van der Waals surface area contributed by atoms with E-state index in [1.807, 2.05) is 0 Å². The molecule has 230 valence electrons. The lowest BCUT2D eigenvalue weighted by atomic mass is 9.80. The quantitative estimate of drug-likeness (QED) is 0.174. The molecule has 0 saturated carbocycles. The second-order valence-electron chi connectivity index (χ2n) is 14.2. The highest BCUT2D eigenvalue weighted by Crippen LogP contribution is 2.47. The third-order valence-electron chi connectivity index (χ3n) is 10.3. The summed E-state index contributed by atoms with van der Waals surface area (Å²) in [6.07, 6.45) is 0. The van der Waals surface area contributed by atoms with E-state index in [-0.39, 0.29) is 5.41 Å². The van der Waals surface area contributed by atoms with Crippen LogP contribution in [0.2, 0.25) is 0 Å². The molecule has 0 radical (unpaired) electrons. The topological polar surface area (TPSA) is 4.93 Å². The van der Waals surface area contributed by atoms with Crippen molar-refractivity contribution in [2.45, 2.75) is 33.1 Å². The summed E-state index contributed by atoms with van der Waals surface area (Å²) >= 11 is 0. The van der Waals surface area contributed by atoms with Gasteiger partial charge in [0, 0.05) is 16.5 Å². The van der Waals surface area contributed by atoms with Gasteiger partial charge in [-0.15, -0.1) is 0 Å². The minimum absolute atomic E-state index is 0.0209. The van der Waals surface area contributed by atoms with Gasteiger partial charge >= 0.3 is 0 Å². The van der Waals surface area contributed by atoms with Crippen LogP contribution in [-0.4, -0.2) is 4.57 Å². The Morgan fingerprint density at radius 3 is 1.60 bits per heavy atom. The first-order valence-corrected chi connectivity index (χ1v) is 17.0. The third kappa shape index (κ3) is 4.31. The zero-order valence-corrected chi connectivity index (χ0v) is 27.9. The lowest BCUT2D eigenvalue weighted by Crippen LogP contribution is -2.10. The van der Waals surface area contributed by atoms with Crippen LogP contribution in [0.1, 0.15) is 31.9 Å². The predicted molar refractivity (Wildman–Crippen MR) is 208 cm³/mol. The average Bonchev–Trinajstić information content (AvgIpc) is 3.45. The van der Waals surface area contributed by atoms with E-state index in [9.17, 15) is 0 Å². The van der Waals surface area contributed by atoms with E-state index in [4.69, 9.17) is 0 Å². The van der Waals surface area contributed by atoms with Gasteiger partial charge in [-0.3, -0.25) is 0 Å². The van der Waals surface area contributed by atoms with Crippen LogP contribution in [0, 0.1) is 6.92 Å². The van der Waals surface area contributed by atoms with Crippen molar-refractivity contribution in [3.63, 3.8) is 0 Å². The van der Waals surface area contributed by atoms with Crippen molar-refractivity contribution >= 4 is 54.1 Å². The Balaban J connectivity index is 1.35. The van der Waals surface area contributed by atoms with Crippen LogP contribution in [0.4, 0.5) is 0 Å². The van der Waals surface area contributed by atoms with Crippen molar-refractivity contribution in [3.05, 3.63) is 163 Å². The number of hydrogen-bond donors (Lipinski definition) is 0. The maximum absolute atomic E-state index is 2.46. The minimum Gasteiger partial charge on any atom is -0.309 e. The van der Waals surface area contributed by atoms with Gasteiger partial charge in [0.2, 0.25) is 0 Å². The highest BCUT2D eigenvalue weighted by molar-refractivity contribution is 6.24. The fourth-order valence-corrected chi connectivity index (χ4v) is 7.92. The van der Waals surface area contributed by atoms with Gasteiger partial charge in [-0.1, -0.05) is 142 Å². The summed E-state index contributed by atoms with van der Waals surface area (Å²) in [6.45, 7) is 9.19.